The second kappa shape index (κ2) is 4.29. The van der Waals surface area contributed by atoms with Crippen molar-refractivity contribution >= 4 is 34.4 Å². The number of anilines is 1. The number of imidazole rings is 1. The fourth-order valence-electron chi connectivity index (χ4n) is 1.44. The largest absolute Gasteiger partial charge is 0.359 e. The van der Waals surface area contributed by atoms with Crippen molar-refractivity contribution in [2.75, 3.05) is 5.32 Å². The molecule has 6 nitrogen and oxygen atoms in total. The zero-order valence-corrected chi connectivity index (χ0v) is 10.5. The lowest BCUT2D eigenvalue weighted by molar-refractivity contribution is -0.117. The van der Waals surface area contributed by atoms with Crippen molar-refractivity contribution in [3.63, 3.8) is 0 Å². The number of hydrogen-bond donors (Lipinski definition) is 1. The number of carbonyl (C=O) groups excluding carboxylic acids is 1. The molecule has 1 unspecified atom stereocenters. The fourth-order valence-corrected chi connectivity index (χ4v) is 1.60. The first-order valence-corrected chi connectivity index (χ1v) is 5.48. The lowest BCUT2D eigenvalue weighted by Gasteiger charge is -2.12. The van der Waals surface area contributed by atoms with E-state index in [0.717, 1.165) is 5.52 Å². The number of rotatable bonds is 3. The van der Waals surface area contributed by atoms with Crippen LogP contribution in [0.2, 0.25) is 5.28 Å². The lowest BCUT2D eigenvalue weighted by atomic mass is 10.2. The summed E-state index contributed by atoms with van der Waals surface area (Å²) in [4.78, 5) is 23.4. The average molecular weight is 254 g/mol. The molecule has 2 aromatic rings. The molecule has 0 saturated heterocycles. The Balaban J connectivity index is 2.51. The third kappa shape index (κ3) is 2.21. The predicted molar refractivity (Wildman–Crippen MR) is 65.1 cm³/mol. The highest BCUT2D eigenvalue weighted by molar-refractivity contribution is 6.28. The Morgan fingerprint density at radius 3 is 2.88 bits per heavy atom. The maximum Gasteiger partial charge on any atom is 0.226 e. The van der Waals surface area contributed by atoms with Gasteiger partial charge in [-0.1, -0.05) is 0 Å². The van der Waals surface area contributed by atoms with Gasteiger partial charge < -0.3 is 9.88 Å². The van der Waals surface area contributed by atoms with Crippen molar-refractivity contribution in [3.05, 3.63) is 11.6 Å². The van der Waals surface area contributed by atoms with E-state index in [-0.39, 0.29) is 17.1 Å². The summed E-state index contributed by atoms with van der Waals surface area (Å²) in [6.07, 6.45) is 1.62. The molecule has 2 heterocycles. The number of nitrogens with one attached hydrogen (secondary N) is 1. The summed E-state index contributed by atoms with van der Waals surface area (Å²) in [6.45, 7) is 3.28. The minimum atomic E-state index is -0.334. The SMILES string of the molecule is CC(=O)C(C)Nc1nc(Cl)nc2ncn(C)c12. The maximum absolute atomic E-state index is 11.2. The van der Waals surface area contributed by atoms with E-state index in [1.807, 2.05) is 7.05 Å². The van der Waals surface area contributed by atoms with Gasteiger partial charge in [-0.25, -0.2) is 4.98 Å². The molecule has 0 saturated carbocycles. The van der Waals surface area contributed by atoms with E-state index in [2.05, 4.69) is 20.3 Å². The van der Waals surface area contributed by atoms with E-state index in [0.29, 0.717) is 11.5 Å². The van der Waals surface area contributed by atoms with Gasteiger partial charge in [0.15, 0.2) is 17.2 Å². The van der Waals surface area contributed by atoms with Crippen LogP contribution in [0.5, 0.6) is 0 Å². The van der Waals surface area contributed by atoms with E-state index in [1.165, 1.54) is 6.92 Å². The summed E-state index contributed by atoms with van der Waals surface area (Å²) < 4.78 is 1.78. The highest BCUT2D eigenvalue weighted by Gasteiger charge is 2.15. The Morgan fingerprint density at radius 2 is 2.24 bits per heavy atom. The van der Waals surface area contributed by atoms with E-state index >= 15 is 0 Å². The normalized spacial score (nSPS) is 12.7. The molecule has 0 aliphatic carbocycles. The first-order chi connectivity index (χ1) is 7.99. The van der Waals surface area contributed by atoms with Crippen LogP contribution in [-0.2, 0) is 11.8 Å². The number of aromatic nitrogens is 4. The standard InChI is InChI=1S/C10H12ClN5O/c1-5(6(2)17)13-9-7-8(12-4-16(7)3)14-10(11)15-9/h4-5H,1-3H3,(H,13,14,15). The van der Waals surface area contributed by atoms with Crippen LogP contribution >= 0.6 is 11.6 Å². The molecule has 2 aromatic heterocycles. The van der Waals surface area contributed by atoms with Gasteiger partial charge in [0.1, 0.15) is 5.52 Å². The van der Waals surface area contributed by atoms with Crippen molar-refractivity contribution in [3.8, 4) is 0 Å². The van der Waals surface area contributed by atoms with Crippen LogP contribution in [0.25, 0.3) is 11.2 Å². The molecule has 0 aliphatic rings. The zero-order chi connectivity index (χ0) is 12.6. The lowest BCUT2D eigenvalue weighted by Crippen LogP contribution is -2.24. The Bertz CT molecular complexity index is 579. The second-order valence-corrected chi connectivity index (χ2v) is 4.18. The maximum atomic E-state index is 11.2. The molecular formula is C10H12ClN5O. The summed E-state index contributed by atoms with van der Waals surface area (Å²) in [5.41, 5.74) is 1.23. The average Bonchev–Trinajstić information content (AvgIpc) is 2.59. The van der Waals surface area contributed by atoms with Gasteiger partial charge in [0.2, 0.25) is 5.28 Å². The number of hydrogen-bond acceptors (Lipinski definition) is 5. The van der Waals surface area contributed by atoms with Crippen LogP contribution in [0.15, 0.2) is 6.33 Å². The van der Waals surface area contributed by atoms with E-state index < -0.39 is 0 Å². The predicted octanol–water partition coefficient (Wildman–Crippen LogP) is 1.41. The van der Waals surface area contributed by atoms with E-state index in [4.69, 9.17) is 11.6 Å². The monoisotopic (exact) mass is 253 g/mol. The van der Waals surface area contributed by atoms with Gasteiger partial charge in [-0.05, 0) is 25.4 Å². The second-order valence-electron chi connectivity index (χ2n) is 3.85. The molecule has 0 radical (unpaired) electrons. The van der Waals surface area contributed by atoms with Gasteiger partial charge in [-0.15, -0.1) is 0 Å². The number of nitrogens with zero attached hydrogens (tertiary/aromatic N) is 4. The molecule has 0 spiro atoms. The van der Waals surface area contributed by atoms with Gasteiger partial charge in [0.25, 0.3) is 0 Å². The first kappa shape index (κ1) is 11.8. The molecule has 90 valence electrons. The van der Waals surface area contributed by atoms with Crippen LogP contribution in [-0.4, -0.2) is 31.3 Å². The molecule has 7 heteroatoms. The molecule has 17 heavy (non-hydrogen) atoms. The Labute approximate surface area is 103 Å². The molecule has 1 N–H and O–H groups in total. The smallest absolute Gasteiger partial charge is 0.226 e. The van der Waals surface area contributed by atoms with Crippen molar-refractivity contribution in [1.82, 2.24) is 19.5 Å². The van der Waals surface area contributed by atoms with Gasteiger partial charge in [0.05, 0.1) is 12.4 Å². The fraction of sp³-hybridized carbons (Fsp3) is 0.400. The Kier molecular flexibility index (Phi) is 2.97. The summed E-state index contributed by atoms with van der Waals surface area (Å²) in [6, 6.07) is -0.334. The summed E-state index contributed by atoms with van der Waals surface area (Å²) in [5.74, 6) is 0.540. The van der Waals surface area contributed by atoms with E-state index in [1.54, 1.807) is 17.8 Å². The Morgan fingerprint density at radius 1 is 1.53 bits per heavy atom. The topological polar surface area (TPSA) is 72.7 Å². The van der Waals surface area contributed by atoms with Crippen molar-refractivity contribution < 1.29 is 4.79 Å². The molecule has 0 aromatic carbocycles. The molecule has 0 fully saturated rings. The number of halogens is 1. The quantitative estimate of drug-likeness (QED) is 0.838. The number of fused-ring (bicyclic) bond motifs is 1. The van der Waals surface area contributed by atoms with Crippen molar-refractivity contribution in [2.24, 2.45) is 7.05 Å². The summed E-state index contributed by atoms with van der Waals surface area (Å²) >= 11 is 5.80. The van der Waals surface area contributed by atoms with Crippen LogP contribution in [0, 0.1) is 0 Å². The molecule has 2 rings (SSSR count). The van der Waals surface area contributed by atoms with Gasteiger partial charge in [-0.2, -0.15) is 9.97 Å². The summed E-state index contributed by atoms with van der Waals surface area (Å²) in [7, 11) is 1.83. The van der Waals surface area contributed by atoms with Crippen LogP contribution in [0.3, 0.4) is 0 Å². The Hall–Kier alpha value is -1.69. The molecular weight excluding hydrogens is 242 g/mol. The minimum Gasteiger partial charge on any atom is -0.359 e. The highest BCUT2D eigenvalue weighted by Crippen LogP contribution is 2.21. The number of aryl methyl sites for hydroxylation is 1. The first-order valence-electron chi connectivity index (χ1n) is 5.10. The number of ketones is 1. The van der Waals surface area contributed by atoms with Crippen molar-refractivity contribution in [2.45, 2.75) is 19.9 Å². The third-order valence-electron chi connectivity index (χ3n) is 2.51. The van der Waals surface area contributed by atoms with E-state index in [9.17, 15) is 4.79 Å². The summed E-state index contributed by atoms with van der Waals surface area (Å²) in [5, 5.41) is 3.11. The van der Waals surface area contributed by atoms with Crippen LogP contribution in [0.1, 0.15) is 13.8 Å². The number of carbonyl (C=O) groups is 1. The van der Waals surface area contributed by atoms with Crippen LogP contribution in [0.4, 0.5) is 5.82 Å². The third-order valence-corrected chi connectivity index (χ3v) is 2.68. The molecule has 1 atom stereocenters. The van der Waals surface area contributed by atoms with Crippen molar-refractivity contribution in [1.29, 1.82) is 0 Å². The number of Topliss-reactive ketones (excluding diaryl/α,β-unsaturated/α-hetero) is 1. The van der Waals surface area contributed by atoms with Gasteiger partial charge in [-0.3, -0.25) is 4.79 Å². The molecule has 0 aliphatic heterocycles. The molecule has 0 amide bonds. The minimum absolute atomic E-state index is 0.0232. The molecule has 0 bridgehead atoms. The highest BCUT2D eigenvalue weighted by atomic mass is 35.5. The van der Waals surface area contributed by atoms with Crippen LogP contribution < -0.4 is 5.32 Å². The van der Waals surface area contributed by atoms with Gasteiger partial charge in [0, 0.05) is 7.05 Å². The zero-order valence-electron chi connectivity index (χ0n) is 9.73. The van der Waals surface area contributed by atoms with Gasteiger partial charge >= 0.3 is 0 Å².